The fourth-order valence-corrected chi connectivity index (χ4v) is 4.76. The number of hydrogen-bond donors (Lipinski definition) is 0. The highest BCUT2D eigenvalue weighted by atomic mass is 16.5. The molecule has 4 aromatic rings. The number of fused-ring (bicyclic) bond motifs is 1. The maximum absolute atomic E-state index is 5.70. The monoisotopic (exact) mass is 460 g/mol. The Labute approximate surface area is 207 Å². The van der Waals surface area contributed by atoms with Crippen molar-refractivity contribution in [1.82, 2.24) is 0 Å². The van der Waals surface area contributed by atoms with Crippen LogP contribution in [0.2, 0.25) is 0 Å². The van der Waals surface area contributed by atoms with Crippen LogP contribution in [0.25, 0.3) is 5.57 Å². The highest BCUT2D eigenvalue weighted by molar-refractivity contribution is 6.12. The Morgan fingerprint density at radius 1 is 0.743 bits per heavy atom. The van der Waals surface area contributed by atoms with Crippen molar-refractivity contribution >= 4 is 11.3 Å². The van der Waals surface area contributed by atoms with E-state index in [0.717, 1.165) is 31.0 Å². The van der Waals surface area contributed by atoms with E-state index in [1.807, 2.05) is 0 Å². The van der Waals surface area contributed by atoms with E-state index in [2.05, 4.69) is 114 Å². The van der Waals surface area contributed by atoms with E-state index < -0.39 is 0 Å². The van der Waals surface area contributed by atoms with E-state index in [9.17, 15) is 0 Å². The summed E-state index contributed by atoms with van der Waals surface area (Å²) < 4.78 is 13.8. The summed E-state index contributed by atoms with van der Waals surface area (Å²) in [6, 6.07) is 36.2. The molecule has 35 heavy (non-hydrogen) atoms. The molecule has 0 radical (unpaired) electrons. The summed E-state index contributed by atoms with van der Waals surface area (Å²) >= 11 is 0. The smallest absolute Gasteiger partial charge is 0.208 e. The zero-order valence-electron chi connectivity index (χ0n) is 20.3. The maximum Gasteiger partial charge on any atom is 0.208 e. The molecule has 0 bridgehead atoms. The van der Waals surface area contributed by atoms with Gasteiger partial charge in [0.25, 0.3) is 0 Å². The predicted octanol–water partition coefficient (Wildman–Crippen LogP) is 6.39. The molecule has 0 fully saturated rings. The van der Waals surface area contributed by atoms with Crippen molar-refractivity contribution in [1.29, 1.82) is 0 Å². The van der Waals surface area contributed by atoms with Gasteiger partial charge in [-0.2, -0.15) is 0 Å². The normalized spacial score (nSPS) is 12.6. The lowest BCUT2D eigenvalue weighted by atomic mass is 9.91. The number of methoxy groups -OCH3 is 2. The molecular weight excluding hydrogens is 430 g/mol. The molecule has 0 aliphatic carbocycles. The first kappa shape index (κ1) is 22.7. The van der Waals surface area contributed by atoms with E-state index in [4.69, 9.17) is 9.47 Å². The molecule has 3 nitrogen and oxygen atoms in total. The molecule has 3 heteroatoms. The van der Waals surface area contributed by atoms with Gasteiger partial charge in [-0.05, 0) is 34.4 Å². The first-order chi connectivity index (χ1) is 17.3. The van der Waals surface area contributed by atoms with Crippen molar-refractivity contribution in [3.8, 4) is 11.5 Å². The van der Waals surface area contributed by atoms with Gasteiger partial charge in [-0.3, -0.25) is 0 Å². The van der Waals surface area contributed by atoms with Crippen molar-refractivity contribution in [3.63, 3.8) is 0 Å². The van der Waals surface area contributed by atoms with Crippen LogP contribution in [0.1, 0.15) is 27.8 Å². The highest BCUT2D eigenvalue weighted by Gasteiger charge is 2.27. The van der Waals surface area contributed by atoms with Gasteiger partial charge in [0.05, 0.1) is 19.8 Å². The van der Waals surface area contributed by atoms with Crippen molar-refractivity contribution < 1.29 is 14.0 Å². The Morgan fingerprint density at radius 3 is 1.86 bits per heavy atom. The summed E-state index contributed by atoms with van der Waals surface area (Å²) in [5.74, 6) is 1.53. The molecule has 0 aromatic heterocycles. The quantitative estimate of drug-likeness (QED) is 0.298. The van der Waals surface area contributed by atoms with Gasteiger partial charge in [-0.25, -0.2) is 4.58 Å². The third kappa shape index (κ3) is 4.90. The SMILES string of the molecule is COc1cc2c(cc1OC)C(C=C(c1ccccc1)c1ccccc1)=[N+](Cc1ccccc1)CC2. The summed E-state index contributed by atoms with van der Waals surface area (Å²) in [7, 11) is 3.39. The van der Waals surface area contributed by atoms with Crippen LogP contribution in [0.3, 0.4) is 0 Å². The first-order valence-electron chi connectivity index (χ1n) is 12.0. The number of ether oxygens (including phenoxy) is 2. The second-order valence-corrected chi connectivity index (χ2v) is 8.70. The van der Waals surface area contributed by atoms with Crippen LogP contribution in [0.5, 0.6) is 11.5 Å². The minimum atomic E-state index is 0.750. The van der Waals surface area contributed by atoms with Crippen LogP contribution in [-0.2, 0) is 13.0 Å². The number of nitrogens with zero attached hydrogens (tertiary/aromatic N) is 1. The Hall–Kier alpha value is -4.11. The Balaban J connectivity index is 1.74. The van der Waals surface area contributed by atoms with E-state index >= 15 is 0 Å². The van der Waals surface area contributed by atoms with E-state index in [1.54, 1.807) is 14.2 Å². The predicted molar refractivity (Wildman–Crippen MR) is 143 cm³/mol. The van der Waals surface area contributed by atoms with Gasteiger partial charge in [-0.1, -0.05) is 91.0 Å². The highest BCUT2D eigenvalue weighted by Crippen LogP contribution is 2.34. The Morgan fingerprint density at radius 2 is 1.29 bits per heavy atom. The molecule has 4 aromatic carbocycles. The topological polar surface area (TPSA) is 21.5 Å². The Bertz CT molecular complexity index is 1320. The summed E-state index contributed by atoms with van der Waals surface area (Å²) in [5.41, 5.74) is 8.54. The second-order valence-electron chi connectivity index (χ2n) is 8.70. The molecule has 0 amide bonds. The van der Waals surface area contributed by atoms with Crippen LogP contribution >= 0.6 is 0 Å². The van der Waals surface area contributed by atoms with Crippen LogP contribution in [0, 0.1) is 0 Å². The molecule has 0 saturated heterocycles. The minimum Gasteiger partial charge on any atom is -0.493 e. The number of benzene rings is 4. The van der Waals surface area contributed by atoms with E-state index in [-0.39, 0.29) is 0 Å². The van der Waals surface area contributed by atoms with Crippen molar-refractivity contribution in [2.24, 2.45) is 0 Å². The molecule has 1 heterocycles. The van der Waals surface area contributed by atoms with Crippen molar-refractivity contribution in [2.45, 2.75) is 13.0 Å². The molecule has 1 aliphatic heterocycles. The standard InChI is InChI=1S/C32H30NO2/c1-34-31-20-27-18-19-33(23-24-12-6-3-7-13-24)30(29(27)22-32(31)35-2)21-28(25-14-8-4-9-15-25)26-16-10-5-11-17-26/h3-17,20-22H,18-19,23H2,1-2H3/q+1. The average molecular weight is 461 g/mol. The minimum absolute atomic E-state index is 0.750. The van der Waals surface area contributed by atoms with Crippen molar-refractivity contribution in [3.05, 3.63) is 137 Å². The fraction of sp³-hybridized carbons (Fsp3) is 0.156. The zero-order valence-corrected chi connectivity index (χ0v) is 20.3. The van der Waals surface area contributed by atoms with Gasteiger partial charge in [-0.15, -0.1) is 0 Å². The molecule has 0 unspecified atom stereocenters. The van der Waals surface area contributed by atoms with Crippen LogP contribution in [-0.4, -0.2) is 31.1 Å². The maximum atomic E-state index is 5.70. The van der Waals surface area contributed by atoms with E-state index in [0.29, 0.717) is 0 Å². The second kappa shape index (κ2) is 10.4. The summed E-state index contributed by atoms with van der Waals surface area (Å²) in [6.07, 6.45) is 3.30. The van der Waals surface area contributed by atoms with Crippen LogP contribution in [0.4, 0.5) is 0 Å². The number of allylic oxidation sites excluding steroid dienone is 1. The summed E-state index contributed by atoms with van der Waals surface area (Å²) in [5, 5.41) is 0. The van der Waals surface area contributed by atoms with Crippen LogP contribution in [0.15, 0.2) is 109 Å². The molecule has 0 atom stereocenters. The Kier molecular flexibility index (Phi) is 6.76. The number of hydrogen-bond acceptors (Lipinski definition) is 2. The molecular formula is C32H30NO2+. The third-order valence-corrected chi connectivity index (χ3v) is 6.54. The largest absolute Gasteiger partial charge is 0.493 e. The van der Waals surface area contributed by atoms with E-state index in [1.165, 1.54) is 39.1 Å². The fourth-order valence-electron chi connectivity index (χ4n) is 4.76. The first-order valence-corrected chi connectivity index (χ1v) is 12.0. The lowest BCUT2D eigenvalue weighted by molar-refractivity contribution is -0.543. The third-order valence-electron chi connectivity index (χ3n) is 6.54. The molecule has 0 saturated carbocycles. The molecule has 5 rings (SSSR count). The summed E-state index contributed by atoms with van der Waals surface area (Å²) in [4.78, 5) is 0. The molecule has 1 aliphatic rings. The summed E-state index contributed by atoms with van der Waals surface area (Å²) in [6.45, 7) is 1.78. The number of rotatable bonds is 7. The van der Waals surface area contributed by atoms with Gasteiger partial charge in [0.15, 0.2) is 18.0 Å². The molecule has 0 spiro atoms. The van der Waals surface area contributed by atoms with Gasteiger partial charge in [0.2, 0.25) is 5.71 Å². The van der Waals surface area contributed by atoms with Crippen molar-refractivity contribution in [2.75, 3.05) is 20.8 Å². The van der Waals surface area contributed by atoms with Gasteiger partial charge in [0, 0.05) is 18.1 Å². The molecule has 0 N–H and O–H groups in total. The lowest BCUT2D eigenvalue weighted by Gasteiger charge is -2.20. The zero-order chi connectivity index (χ0) is 24.0. The average Bonchev–Trinajstić information content (AvgIpc) is 2.93. The van der Waals surface area contributed by atoms with Gasteiger partial charge < -0.3 is 9.47 Å². The molecule has 174 valence electrons. The lowest BCUT2D eigenvalue weighted by Crippen LogP contribution is -2.29. The van der Waals surface area contributed by atoms with Gasteiger partial charge >= 0.3 is 0 Å². The van der Waals surface area contributed by atoms with Gasteiger partial charge in [0.1, 0.15) is 6.54 Å². The van der Waals surface area contributed by atoms with Crippen LogP contribution < -0.4 is 9.47 Å².